The van der Waals surface area contributed by atoms with Crippen LogP contribution in [0, 0.1) is 5.41 Å². The summed E-state index contributed by atoms with van der Waals surface area (Å²) in [6, 6.07) is 10.1. The molecule has 1 N–H and O–H groups in total. The number of carbonyl (C=O) groups is 3. The first kappa shape index (κ1) is 28.1. The van der Waals surface area contributed by atoms with Crippen LogP contribution in [0.3, 0.4) is 0 Å². The molecule has 0 spiro atoms. The van der Waals surface area contributed by atoms with E-state index < -0.39 is 6.04 Å². The van der Waals surface area contributed by atoms with Crippen LogP contribution in [0.2, 0.25) is 0 Å². The Bertz CT molecular complexity index is 1470. The number of anilines is 1. The van der Waals surface area contributed by atoms with Crippen molar-refractivity contribution in [2.75, 3.05) is 25.1 Å². The second-order valence-corrected chi connectivity index (χ2v) is 11.1. The van der Waals surface area contributed by atoms with Crippen LogP contribution >= 0.6 is 15.9 Å². The van der Waals surface area contributed by atoms with E-state index in [2.05, 4.69) is 37.9 Å². The molecule has 1 saturated heterocycles. The summed E-state index contributed by atoms with van der Waals surface area (Å²) in [7, 11) is 0. The Hall–Kier alpha value is -3.41. The average molecular weight is 611 g/mol. The van der Waals surface area contributed by atoms with Crippen LogP contribution in [0.25, 0.3) is 10.9 Å². The second kappa shape index (κ2) is 11.6. The number of hydrogen-bond acceptors (Lipinski definition) is 7. The molecule has 40 heavy (non-hydrogen) atoms. The highest BCUT2D eigenvalue weighted by Gasteiger charge is 2.67. The van der Waals surface area contributed by atoms with Crippen LogP contribution in [0.15, 0.2) is 53.7 Å². The molecular formula is C29H32BrN5O5. The number of amides is 2. The number of carbonyl (C=O) groups excluding carboxylic acids is 3. The van der Waals surface area contributed by atoms with Gasteiger partial charge >= 0.3 is 0 Å². The largest absolute Gasteiger partial charge is 0.377 e. The molecule has 3 atom stereocenters. The number of para-hydroxylation sites is 1. The molecule has 2 amide bonds. The number of hydrogen-bond donors (Lipinski definition) is 1. The molecule has 1 saturated carbocycles. The van der Waals surface area contributed by atoms with Crippen LogP contribution in [0.1, 0.15) is 42.7 Å². The monoisotopic (exact) mass is 609 g/mol. The Morgan fingerprint density at radius 3 is 2.75 bits per heavy atom. The number of piperidine rings is 1. The van der Waals surface area contributed by atoms with Gasteiger partial charge in [-0.05, 0) is 47.8 Å². The smallest absolute Gasteiger partial charge is 0.248 e. The maximum atomic E-state index is 13.9. The van der Waals surface area contributed by atoms with Gasteiger partial charge in [0, 0.05) is 35.9 Å². The van der Waals surface area contributed by atoms with Crippen molar-refractivity contribution in [1.29, 1.82) is 0 Å². The fourth-order valence-electron chi connectivity index (χ4n) is 5.58. The van der Waals surface area contributed by atoms with Gasteiger partial charge in [-0.25, -0.2) is 4.98 Å². The zero-order chi connectivity index (χ0) is 28.4. The normalized spacial score (nSPS) is 21.3. The lowest BCUT2D eigenvalue weighted by atomic mass is 10.00. The number of likely N-dealkylation sites (tertiary alicyclic amines) is 1. The molecule has 3 heterocycles. The molecule has 1 aromatic carbocycles. The number of benzene rings is 1. The highest BCUT2D eigenvalue weighted by molar-refractivity contribution is 9.10. The molecule has 0 radical (unpaired) electrons. The van der Waals surface area contributed by atoms with Gasteiger partial charge < -0.3 is 19.7 Å². The van der Waals surface area contributed by atoms with Gasteiger partial charge in [-0.2, -0.15) is 5.10 Å². The number of ether oxygens (including phenoxy) is 2. The van der Waals surface area contributed by atoms with E-state index in [0.717, 1.165) is 12.0 Å². The first-order chi connectivity index (χ1) is 19.3. The van der Waals surface area contributed by atoms with Crippen molar-refractivity contribution < 1.29 is 23.9 Å². The second-order valence-electron chi connectivity index (χ2n) is 10.3. The lowest BCUT2D eigenvalue weighted by Gasteiger charge is -2.27. The third kappa shape index (κ3) is 5.45. The fraction of sp³-hybridized carbons (Fsp3) is 0.414. The molecule has 2 aliphatic rings. The Labute approximate surface area is 240 Å². The molecule has 11 heteroatoms. The van der Waals surface area contributed by atoms with Crippen LogP contribution in [0.4, 0.5) is 5.82 Å². The van der Waals surface area contributed by atoms with Gasteiger partial charge in [0.15, 0.2) is 5.78 Å². The van der Waals surface area contributed by atoms with Crippen molar-refractivity contribution in [3.8, 4) is 0 Å². The molecule has 0 bridgehead atoms. The van der Waals surface area contributed by atoms with Gasteiger partial charge in [-0.1, -0.05) is 30.3 Å². The number of ketones is 1. The number of Topliss-reactive ketones (excluding diaryl/α,β-unsaturated/α-hetero) is 1. The van der Waals surface area contributed by atoms with E-state index >= 15 is 0 Å². The van der Waals surface area contributed by atoms with Crippen molar-refractivity contribution in [3.05, 3.63) is 64.9 Å². The first-order valence-corrected chi connectivity index (χ1v) is 14.1. The molecule has 10 nitrogen and oxygen atoms in total. The zero-order valence-corrected chi connectivity index (χ0v) is 24.1. The van der Waals surface area contributed by atoms with Crippen molar-refractivity contribution in [2.45, 2.75) is 51.9 Å². The van der Waals surface area contributed by atoms with Crippen molar-refractivity contribution in [3.63, 3.8) is 0 Å². The number of halogens is 1. The summed E-state index contributed by atoms with van der Waals surface area (Å²) in [6.45, 7) is 8.62. The van der Waals surface area contributed by atoms with Crippen molar-refractivity contribution >= 4 is 50.2 Å². The number of fused-ring (bicyclic) bond motifs is 2. The molecule has 3 aromatic rings. The molecule has 210 valence electrons. The first-order valence-electron chi connectivity index (χ1n) is 13.3. The summed E-state index contributed by atoms with van der Waals surface area (Å²) in [5.74, 6) is -0.345. The van der Waals surface area contributed by atoms with Crippen LogP contribution in [-0.4, -0.2) is 69.2 Å². The lowest BCUT2D eigenvalue weighted by Crippen LogP contribution is -2.47. The van der Waals surface area contributed by atoms with Gasteiger partial charge in [0.1, 0.15) is 28.7 Å². The summed E-state index contributed by atoms with van der Waals surface area (Å²) < 4.78 is 13.5. The quantitative estimate of drug-likeness (QED) is 0.142. The summed E-state index contributed by atoms with van der Waals surface area (Å²) in [4.78, 5) is 46.0. The molecule has 2 fully saturated rings. The maximum absolute atomic E-state index is 13.9. The van der Waals surface area contributed by atoms with Crippen LogP contribution in [0.5, 0.6) is 0 Å². The molecular weight excluding hydrogens is 578 g/mol. The average Bonchev–Trinajstić information content (AvgIpc) is 3.34. The Balaban J connectivity index is 1.42. The SMILES string of the molecule is C=CCOC[C@@]12C[C@@H](C(=O)Nc3nc(Br)ccc3COCC)N(C(=O)Cn3nc(C(C)=O)c4ccccc43)[C@@H]1C2. The highest BCUT2D eigenvalue weighted by Crippen LogP contribution is 2.59. The lowest BCUT2D eigenvalue weighted by molar-refractivity contribution is -0.138. The van der Waals surface area contributed by atoms with E-state index in [1.54, 1.807) is 21.7 Å². The van der Waals surface area contributed by atoms with E-state index in [1.807, 2.05) is 37.3 Å². The number of nitrogens with zero attached hydrogens (tertiary/aromatic N) is 4. The molecule has 5 rings (SSSR count). The summed E-state index contributed by atoms with van der Waals surface area (Å²) >= 11 is 3.38. The molecule has 1 aliphatic carbocycles. The third-order valence-corrected chi connectivity index (χ3v) is 8.00. The predicted octanol–water partition coefficient (Wildman–Crippen LogP) is 4.13. The van der Waals surface area contributed by atoms with E-state index in [-0.39, 0.29) is 35.6 Å². The van der Waals surface area contributed by atoms with E-state index in [0.29, 0.717) is 59.9 Å². The minimum absolute atomic E-state index is 0.0948. The molecule has 1 aliphatic heterocycles. The Kier molecular flexibility index (Phi) is 8.16. The standard InChI is InChI=1S/C29H32BrN5O5/c1-4-12-40-17-29-13-22(28(38)32-27-19(16-39-5-2)10-11-24(30)31-27)35(23(29)14-29)25(37)15-34-21-9-7-6-8-20(21)26(33-34)18(3)36/h4,6-11,22-23H,1,5,12-17H2,2-3H3,(H,31,32,38)/t22-,23+,29-/m0/s1. The summed E-state index contributed by atoms with van der Waals surface area (Å²) in [5, 5.41) is 8.10. The van der Waals surface area contributed by atoms with Gasteiger partial charge in [0.25, 0.3) is 0 Å². The Morgan fingerprint density at radius 1 is 1.20 bits per heavy atom. The zero-order valence-electron chi connectivity index (χ0n) is 22.6. The predicted molar refractivity (Wildman–Crippen MR) is 153 cm³/mol. The Morgan fingerprint density at radius 2 is 2.00 bits per heavy atom. The number of nitrogens with one attached hydrogen (secondary N) is 1. The maximum Gasteiger partial charge on any atom is 0.248 e. The van der Waals surface area contributed by atoms with Gasteiger partial charge in [-0.15, -0.1) is 6.58 Å². The highest BCUT2D eigenvalue weighted by atomic mass is 79.9. The number of pyridine rings is 1. The van der Waals surface area contributed by atoms with Crippen molar-refractivity contribution in [2.24, 2.45) is 5.41 Å². The van der Waals surface area contributed by atoms with Gasteiger partial charge in [0.05, 0.1) is 25.3 Å². The third-order valence-electron chi connectivity index (χ3n) is 7.56. The number of aromatic nitrogens is 3. The van der Waals surface area contributed by atoms with E-state index in [1.165, 1.54) is 6.92 Å². The van der Waals surface area contributed by atoms with Crippen LogP contribution in [-0.2, 0) is 32.2 Å². The van der Waals surface area contributed by atoms with Gasteiger partial charge in [0.2, 0.25) is 11.8 Å². The van der Waals surface area contributed by atoms with Crippen LogP contribution < -0.4 is 5.32 Å². The van der Waals surface area contributed by atoms with Crippen molar-refractivity contribution in [1.82, 2.24) is 19.7 Å². The van der Waals surface area contributed by atoms with Gasteiger partial charge in [-0.3, -0.25) is 19.1 Å². The minimum Gasteiger partial charge on any atom is -0.377 e. The minimum atomic E-state index is -0.714. The summed E-state index contributed by atoms with van der Waals surface area (Å²) in [6.07, 6.45) is 2.91. The summed E-state index contributed by atoms with van der Waals surface area (Å²) in [5.41, 5.74) is 1.45. The van der Waals surface area contributed by atoms with E-state index in [9.17, 15) is 14.4 Å². The van der Waals surface area contributed by atoms with E-state index in [4.69, 9.17) is 9.47 Å². The fourth-order valence-corrected chi connectivity index (χ4v) is 5.89. The number of rotatable bonds is 12. The topological polar surface area (TPSA) is 116 Å². The molecule has 0 unspecified atom stereocenters. The molecule has 2 aromatic heterocycles.